The van der Waals surface area contributed by atoms with Gasteiger partial charge in [-0.05, 0) is 30.3 Å². The summed E-state index contributed by atoms with van der Waals surface area (Å²) >= 11 is 1.32. The van der Waals surface area contributed by atoms with Crippen molar-refractivity contribution in [1.29, 1.82) is 0 Å². The van der Waals surface area contributed by atoms with Gasteiger partial charge in [0, 0.05) is 29.5 Å². The molecule has 0 saturated carbocycles. The maximum atomic E-state index is 12.9. The Kier molecular flexibility index (Phi) is 6.95. The molecule has 176 valence electrons. The number of aromatic nitrogens is 1. The number of amides is 2. The molecular formula is C25H25N3O5S. The van der Waals surface area contributed by atoms with Gasteiger partial charge >= 0.3 is 0 Å². The molecule has 0 saturated heterocycles. The van der Waals surface area contributed by atoms with Gasteiger partial charge in [-0.1, -0.05) is 18.2 Å². The van der Waals surface area contributed by atoms with Crippen molar-refractivity contribution in [3.05, 3.63) is 70.7 Å². The summed E-state index contributed by atoms with van der Waals surface area (Å²) in [7, 11) is 3.09. The molecule has 1 atom stereocenters. The van der Waals surface area contributed by atoms with E-state index in [1.54, 1.807) is 42.7 Å². The molecule has 2 heterocycles. The molecular weight excluding hydrogens is 454 g/mol. The highest BCUT2D eigenvalue weighted by Crippen LogP contribution is 2.39. The molecule has 9 heteroatoms. The van der Waals surface area contributed by atoms with Crippen LogP contribution in [0.5, 0.6) is 11.5 Å². The fourth-order valence-corrected chi connectivity index (χ4v) is 4.82. The Morgan fingerprint density at radius 3 is 2.53 bits per heavy atom. The lowest BCUT2D eigenvalue weighted by atomic mass is 9.95. The van der Waals surface area contributed by atoms with E-state index in [4.69, 9.17) is 9.47 Å². The van der Waals surface area contributed by atoms with Crippen LogP contribution in [0.4, 0.5) is 10.8 Å². The molecule has 8 nitrogen and oxygen atoms in total. The van der Waals surface area contributed by atoms with Gasteiger partial charge in [0.25, 0.3) is 0 Å². The summed E-state index contributed by atoms with van der Waals surface area (Å²) in [6.45, 7) is 1.90. The van der Waals surface area contributed by atoms with E-state index in [0.717, 1.165) is 11.3 Å². The largest absolute Gasteiger partial charge is 0.496 e. The second kappa shape index (κ2) is 10.1. The highest BCUT2D eigenvalue weighted by Gasteiger charge is 2.31. The summed E-state index contributed by atoms with van der Waals surface area (Å²) in [4.78, 5) is 32.7. The first-order valence-electron chi connectivity index (χ1n) is 10.6. The Balaban J connectivity index is 1.52. The molecule has 34 heavy (non-hydrogen) atoms. The number of thiazole rings is 1. The van der Waals surface area contributed by atoms with E-state index in [0.29, 0.717) is 27.9 Å². The number of fused-ring (bicyclic) bond motifs is 1. The minimum atomic E-state index is -0.896. The van der Waals surface area contributed by atoms with Gasteiger partial charge in [0.2, 0.25) is 11.8 Å². The molecule has 2 aromatic carbocycles. The molecule has 0 bridgehead atoms. The molecule has 1 N–H and O–H groups in total. The number of β-amino-alcohol motifs (C(OH)–C–C–N with tert-alkyl or cyclic N) is 1. The summed E-state index contributed by atoms with van der Waals surface area (Å²) in [5.74, 6) is 0.730. The minimum Gasteiger partial charge on any atom is -0.496 e. The molecule has 1 unspecified atom stereocenters. The second-order valence-corrected chi connectivity index (χ2v) is 8.51. The van der Waals surface area contributed by atoms with E-state index >= 15 is 0 Å². The van der Waals surface area contributed by atoms with Crippen molar-refractivity contribution in [3.8, 4) is 11.5 Å². The highest BCUT2D eigenvalue weighted by molar-refractivity contribution is 7.14. The number of hydrogen-bond acceptors (Lipinski definition) is 7. The third-order valence-electron chi connectivity index (χ3n) is 5.53. The first-order chi connectivity index (χ1) is 16.4. The molecule has 1 aliphatic rings. The number of ether oxygens (including phenoxy) is 2. The van der Waals surface area contributed by atoms with Crippen LogP contribution < -0.4 is 14.4 Å². The summed E-state index contributed by atoms with van der Waals surface area (Å²) in [5.41, 5.74) is 2.65. The van der Waals surface area contributed by atoms with E-state index < -0.39 is 6.10 Å². The molecule has 0 radical (unpaired) electrons. The maximum absolute atomic E-state index is 12.9. The van der Waals surface area contributed by atoms with Gasteiger partial charge in [-0.25, -0.2) is 4.98 Å². The number of benzene rings is 2. The average molecular weight is 480 g/mol. The van der Waals surface area contributed by atoms with Gasteiger partial charge in [-0.3, -0.25) is 14.5 Å². The average Bonchev–Trinajstić information content (AvgIpc) is 3.30. The number of rotatable bonds is 6. The maximum Gasteiger partial charge on any atom is 0.247 e. The summed E-state index contributed by atoms with van der Waals surface area (Å²) in [5, 5.41) is 13.0. The SMILES string of the molecule is COc1ccc(OC)c2c1CN(C(=O)C=Cc1csc(N(C(C)=O)c3ccccc3)n1)CC2O. The van der Waals surface area contributed by atoms with Crippen LogP contribution >= 0.6 is 11.3 Å². The van der Waals surface area contributed by atoms with Crippen molar-refractivity contribution < 1.29 is 24.2 Å². The lowest BCUT2D eigenvalue weighted by molar-refractivity contribution is -0.128. The third kappa shape index (κ3) is 4.66. The first kappa shape index (κ1) is 23.5. The zero-order valence-electron chi connectivity index (χ0n) is 19.1. The standard InChI is InChI=1S/C25H25N3O5S/c1-16(29)28(18-7-5-4-6-8-18)25-26-17(15-34-25)9-12-23(31)27-13-19-21(32-2)10-11-22(33-3)24(19)20(30)14-27/h4-12,15,20,30H,13-14H2,1-3H3. The number of carbonyl (C=O) groups excluding carboxylic acids is 2. The van der Waals surface area contributed by atoms with Gasteiger partial charge in [0.05, 0.1) is 38.7 Å². The van der Waals surface area contributed by atoms with Gasteiger partial charge in [0.1, 0.15) is 17.6 Å². The number of nitrogens with zero attached hydrogens (tertiary/aromatic N) is 3. The fraction of sp³-hybridized carbons (Fsp3) is 0.240. The predicted octanol–water partition coefficient (Wildman–Crippen LogP) is 3.93. The molecule has 0 spiro atoms. The zero-order valence-corrected chi connectivity index (χ0v) is 19.9. The van der Waals surface area contributed by atoms with Crippen molar-refractivity contribution in [2.24, 2.45) is 0 Å². The number of carbonyl (C=O) groups is 2. The molecule has 3 aromatic rings. The number of anilines is 2. The van der Waals surface area contributed by atoms with E-state index in [-0.39, 0.29) is 24.9 Å². The quantitative estimate of drug-likeness (QED) is 0.539. The van der Waals surface area contributed by atoms with Gasteiger partial charge in [-0.15, -0.1) is 11.3 Å². The smallest absolute Gasteiger partial charge is 0.247 e. The highest BCUT2D eigenvalue weighted by atomic mass is 32.1. The van der Waals surface area contributed by atoms with Crippen LogP contribution in [0.3, 0.4) is 0 Å². The second-order valence-electron chi connectivity index (χ2n) is 7.68. The van der Waals surface area contributed by atoms with Gasteiger partial charge in [0.15, 0.2) is 5.13 Å². The summed E-state index contributed by atoms with van der Waals surface area (Å²) in [6, 6.07) is 12.8. The first-order valence-corrected chi connectivity index (χ1v) is 11.5. The van der Waals surface area contributed by atoms with E-state index in [2.05, 4.69) is 4.98 Å². The number of aliphatic hydroxyl groups excluding tert-OH is 1. The Morgan fingerprint density at radius 1 is 1.15 bits per heavy atom. The minimum absolute atomic E-state index is 0.133. The molecule has 4 rings (SSSR count). The van der Waals surface area contributed by atoms with E-state index in [1.165, 1.54) is 29.2 Å². The van der Waals surface area contributed by atoms with Crippen molar-refractivity contribution in [1.82, 2.24) is 9.88 Å². The Labute approximate surface area is 201 Å². The lowest BCUT2D eigenvalue weighted by Gasteiger charge is -2.33. The summed E-state index contributed by atoms with van der Waals surface area (Å²) in [6.07, 6.45) is 2.13. The molecule has 0 aliphatic carbocycles. The fourth-order valence-electron chi connectivity index (χ4n) is 3.97. The number of methoxy groups -OCH3 is 2. The zero-order chi connectivity index (χ0) is 24.2. The van der Waals surface area contributed by atoms with Crippen molar-refractivity contribution >= 4 is 40.0 Å². The van der Waals surface area contributed by atoms with E-state index in [1.807, 2.05) is 30.3 Å². The molecule has 0 fully saturated rings. The Hall–Kier alpha value is -3.69. The van der Waals surface area contributed by atoms with Crippen molar-refractivity contribution in [2.75, 3.05) is 25.7 Å². The van der Waals surface area contributed by atoms with Gasteiger partial charge in [-0.2, -0.15) is 0 Å². The summed E-state index contributed by atoms with van der Waals surface area (Å²) < 4.78 is 10.8. The molecule has 1 aromatic heterocycles. The van der Waals surface area contributed by atoms with Crippen LogP contribution in [-0.4, -0.2) is 47.6 Å². The van der Waals surface area contributed by atoms with Crippen molar-refractivity contribution in [2.45, 2.75) is 19.6 Å². The van der Waals surface area contributed by atoms with E-state index in [9.17, 15) is 14.7 Å². The Morgan fingerprint density at radius 2 is 1.85 bits per heavy atom. The Bertz CT molecular complexity index is 1220. The van der Waals surface area contributed by atoms with Crippen LogP contribution in [0.1, 0.15) is 29.8 Å². The van der Waals surface area contributed by atoms with Crippen molar-refractivity contribution in [3.63, 3.8) is 0 Å². The van der Waals surface area contributed by atoms with Crippen LogP contribution in [-0.2, 0) is 16.1 Å². The normalized spacial score (nSPS) is 15.2. The van der Waals surface area contributed by atoms with Crippen LogP contribution in [0, 0.1) is 0 Å². The van der Waals surface area contributed by atoms with Crippen LogP contribution in [0.15, 0.2) is 53.9 Å². The number of para-hydroxylation sites is 1. The van der Waals surface area contributed by atoms with Gasteiger partial charge < -0.3 is 19.5 Å². The van der Waals surface area contributed by atoms with Crippen LogP contribution in [0.25, 0.3) is 6.08 Å². The monoisotopic (exact) mass is 479 g/mol. The number of hydrogen-bond donors (Lipinski definition) is 1. The number of aliphatic hydroxyl groups is 1. The van der Waals surface area contributed by atoms with Crippen LogP contribution in [0.2, 0.25) is 0 Å². The predicted molar refractivity (Wildman–Crippen MR) is 130 cm³/mol. The topological polar surface area (TPSA) is 92.2 Å². The lowest BCUT2D eigenvalue weighted by Crippen LogP contribution is -2.37. The molecule has 1 aliphatic heterocycles. The molecule has 2 amide bonds. The third-order valence-corrected chi connectivity index (χ3v) is 6.37.